The van der Waals surface area contributed by atoms with Gasteiger partial charge in [0.15, 0.2) is 5.60 Å². The van der Waals surface area contributed by atoms with Crippen LogP contribution >= 0.6 is 0 Å². The third-order valence-electron chi connectivity index (χ3n) is 6.80. The number of phenols is 1. The second kappa shape index (κ2) is 14.0. The van der Waals surface area contributed by atoms with Gasteiger partial charge >= 0.3 is 29.8 Å². The molecule has 1 aromatic rings. The topological polar surface area (TPSA) is 161 Å². The Bertz CT molecular complexity index is 1230. The van der Waals surface area contributed by atoms with Gasteiger partial charge in [-0.25, -0.2) is 4.79 Å². The summed E-state index contributed by atoms with van der Waals surface area (Å²) in [5.41, 5.74) is -0.764. The van der Waals surface area contributed by atoms with Crippen molar-refractivity contribution >= 4 is 35.9 Å². The van der Waals surface area contributed by atoms with Crippen LogP contribution < -0.4 is 0 Å². The van der Waals surface area contributed by atoms with E-state index in [-0.39, 0.29) is 31.1 Å². The van der Waals surface area contributed by atoms with Crippen molar-refractivity contribution in [2.24, 2.45) is 17.8 Å². The molecule has 42 heavy (non-hydrogen) atoms. The SMILES string of the molecule is CC(=O)OCC1=CO[C@@H](OC(=O)CC(C)C)[C@H]2[C@@H]1C[C@H](OC(=O)/C=C/c1ccc(O)cc1)[C@@]2(COC(C)=O)OC(C)=O. The Morgan fingerprint density at radius 1 is 1.00 bits per heavy atom. The highest BCUT2D eigenvalue weighted by atomic mass is 16.7. The summed E-state index contributed by atoms with van der Waals surface area (Å²) >= 11 is 0. The highest BCUT2D eigenvalue weighted by Crippen LogP contribution is 2.52. The number of aromatic hydroxyl groups is 1. The van der Waals surface area contributed by atoms with Gasteiger partial charge in [-0.15, -0.1) is 0 Å². The minimum Gasteiger partial charge on any atom is -0.508 e. The summed E-state index contributed by atoms with van der Waals surface area (Å²) in [6, 6.07) is 6.09. The van der Waals surface area contributed by atoms with Crippen molar-refractivity contribution in [2.45, 2.75) is 65.5 Å². The number of fused-ring (bicyclic) bond motifs is 1. The number of rotatable bonds is 11. The first-order valence-electron chi connectivity index (χ1n) is 13.5. The number of ether oxygens (including phenoxy) is 6. The second-order valence-corrected chi connectivity index (χ2v) is 10.6. The third kappa shape index (κ3) is 8.34. The van der Waals surface area contributed by atoms with Crippen LogP contribution in [0.1, 0.15) is 53.0 Å². The molecule has 1 fully saturated rings. The number of hydrogen-bond acceptors (Lipinski definition) is 12. The van der Waals surface area contributed by atoms with E-state index < -0.39 is 66.3 Å². The van der Waals surface area contributed by atoms with E-state index in [0.29, 0.717) is 11.1 Å². The summed E-state index contributed by atoms with van der Waals surface area (Å²) in [4.78, 5) is 61.8. The lowest BCUT2D eigenvalue weighted by atomic mass is 9.80. The molecular weight excluding hydrogens is 552 g/mol. The minimum atomic E-state index is -1.83. The maximum absolute atomic E-state index is 13.0. The maximum atomic E-state index is 13.0. The van der Waals surface area contributed by atoms with Crippen molar-refractivity contribution in [3.05, 3.63) is 47.7 Å². The lowest BCUT2D eigenvalue weighted by molar-refractivity contribution is -0.234. The van der Waals surface area contributed by atoms with E-state index >= 15 is 0 Å². The van der Waals surface area contributed by atoms with Gasteiger partial charge in [-0.1, -0.05) is 26.0 Å². The zero-order chi connectivity index (χ0) is 31.0. The Morgan fingerprint density at radius 2 is 1.67 bits per heavy atom. The molecule has 1 N–H and O–H groups in total. The Hall–Kier alpha value is -4.35. The van der Waals surface area contributed by atoms with Crippen molar-refractivity contribution in [2.75, 3.05) is 13.2 Å². The van der Waals surface area contributed by atoms with Crippen LogP contribution in [0.15, 0.2) is 42.2 Å². The molecule has 0 saturated heterocycles. The molecule has 12 nitrogen and oxygen atoms in total. The van der Waals surface area contributed by atoms with Crippen LogP contribution in [0.2, 0.25) is 0 Å². The van der Waals surface area contributed by atoms with Crippen LogP contribution in [0, 0.1) is 17.8 Å². The van der Waals surface area contributed by atoms with Gasteiger partial charge in [-0.3, -0.25) is 19.2 Å². The smallest absolute Gasteiger partial charge is 0.331 e. The fourth-order valence-corrected chi connectivity index (χ4v) is 5.11. The minimum absolute atomic E-state index is 0.0242. The van der Waals surface area contributed by atoms with Crippen molar-refractivity contribution in [1.82, 2.24) is 0 Å². The van der Waals surface area contributed by atoms with E-state index in [4.69, 9.17) is 28.4 Å². The predicted molar refractivity (Wildman–Crippen MR) is 145 cm³/mol. The fourth-order valence-electron chi connectivity index (χ4n) is 5.11. The first kappa shape index (κ1) is 32.2. The first-order chi connectivity index (χ1) is 19.8. The molecule has 1 heterocycles. The molecule has 0 aromatic heterocycles. The number of carbonyl (C=O) groups is 5. The largest absolute Gasteiger partial charge is 0.508 e. The quantitative estimate of drug-likeness (QED) is 0.229. The molecule has 5 atom stereocenters. The summed E-state index contributed by atoms with van der Waals surface area (Å²) in [5, 5.41) is 9.49. The standard InChI is InChI=1S/C30H36O12/c1-17(2)12-27(36)41-29-28-24(22(15-38-29)14-37-18(3)31)13-25(30(28,42-20(5)33)16-39-19(4)32)40-26(35)11-8-21-6-9-23(34)10-7-21/h6-11,15,17,24-25,28-29,34H,12-14,16H2,1-5H3/b11-8+/t24-,25+,28-,29+,30-/m1/s1. The molecule has 0 unspecified atom stereocenters. The predicted octanol–water partition coefficient (Wildman–Crippen LogP) is 3.21. The van der Waals surface area contributed by atoms with Crippen molar-refractivity contribution < 1.29 is 57.5 Å². The van der Waals surface area contributed by atoms with Gasteiger partial charge in [0.2, 0.25) is 0 Å². The fraction of sp³-hybridized carbons (Fsp3) is 0.500. The summed E-state index contributed by atoms with van der Waals surface area (Å²) in [5.74, 6) is -5.00. The molecule has 3 rings (SSSR count). The lowest BCUT2D eigenvalue weighted by Crippen LogP contribution is -2.58. The molecule has 0 bridgehead atoms. The molecule has 2 aliphatic rings. The van der Waals surface area contributed by atoms with Crippen molar-refractivity contribution in [3.63, 3.8) is 0 Å². The molecule has 0 amide bonds. The maximum Gasteiger partial charge on any atom is 0.331 e. The molecule has 228 valence electrons. The monoisotopic (exact) mass is 588 g/mol. The lowest BCUT2D eigenvalue weighted by Gasteiger charge is -2.42. The van der Waals surface area contributed by atoms with Gasteiger partial charge in [0.1, 0.15) is 25.1 Å². The van der Waals surface area contributed by atoms with E-state index in [1.807, 2.05) is 13.8 Å². The normalized spacial score (nSPS) is 24.7. The molecule has 1 aliphatic heterocycles. The van der Waals surface area contributed by atoms with Crippen LogP contribution in [-0.2, 0) is 52.4 Å². The highest BCUT2D eigenvalue weighted by Gasteiger charge is 2.66. The highest BCUT2D eigenvalue weighted by molar-refractivity contribution is 5.87. The van der Waals surface area contributed by atoms with Gasteiger partial charge in [-0.2, -0.15) is 0 Å². The Kier molecular flexibility index (Phi) is 10.7. The van der Waals surface area contributed by atoms with Crippen LogP contribution in [0.4, 0.5) is 0 Å². The van der Waals surface area contributed by atoms with Crippen molar-refractivity contribution in [1.29, 1.82) is 0 Å². The zero-order valence-corrected chi connectivity index (χ0v) is 24.2. The van der Waals surface area contributed by atoms with Gasteiger partial charge in [0.05, 0.1) is 12.2 Å². The average Bonchev–Trinajstić information content (AvgIpc) is 3.19. The number of carbonyl (C=O) groups excluding carboxylic acids is 5. The van der Waals surface area contributed by atoms with Crippen LogP contribution in [0.5, 0.6) is 5.75 Å². The molecule has 0 radical (unpaired) electrons. The van der Waals surface area contributed by atoms with Crippen LogP contribution in [0.3, 0.4) is 0 Å². The first-order valence-corrected chi connectivity index (χ1v) is 13.5. The van der Waals surface area contributed by atoms with E-state index in [1.165, 1.54) is 38.3 Å². The van der Waals surface area contributed by atoms with Crippen LogP contribution in [-0.4, -0.2) is 66.2 Å². The van der Waals surface area contributed by atoms with E-state index in [9.17, 15) is 29.1 Å². The summed E-state index contributed by atoms with van der Waals surface area (Å²) in [6.07, 6.45) is 1.55. The van der Waals surface area contributed by atoms with Gasteiger partial charge in [0.25, 0.3) is 6.29 Å². The molecule has 12 heteroatoms. The second-order valence-electron chi connectivity index (χ2n) is 10.6. The molecule has 1 aromatic carbocycles. The molecule has 1 aliphatic carbocycles. The zero-order valence-electron chi connectivity index (χ0n) is 24.2. The Balaban J connectivity index is 2.03. The number of benzene rings is 1. The molecular formula is C30H36O12. The number of phenolic OH excluding ortho intramolecular Hbond substituents is 1. The van der Waals surface area contributed by atoms with Gasteiger partial charge in [-0.05, 0) is 36.1 Å². The third-order valence-corrected chi connectivity index (χ3v) is 6.80. The van der Waals surface area contributed by atoms with E-state index in [0.717, 1.165) is 13.0 Å². The Morgan fingerprint density at radius 3 is 2.26 bits per heavy atom. The van der Waals surface area contributed by atoms with E-state index in [2.05, 4.69) is 0 Å². The summed E-state index contributed by atoms with van der Waals surface area (Å²) in [7, 11) is 0. The number of esters is 5. The van der Waals surface area contributed by atoms with Crippen LogP contribution in [0.25, 0.3) is 6.08 Å². The Labute approximate surface area is 243 Å². The van der Waals surface area contributed by atoms with E-state index in [1.54, 1.807) is 12.1 Å². The number of hydrogen-bond donors (Lipinski definition) is 1. The molecule has 1 saturated carbocycles. The van der Waals surface area contributed by atoms with Gasteiger partial charge in [0, 0.05) is 44.8 Å². The summed E-state index contributed by atoms with van der Waals surface area (Å²) < 4.78 is 33.6. The molecule has 0 spiro atoms. The average molecular weight is 589 g/mol. The van der Waals surface area contributed by atoms with Crippen molar-refractivity contribution in [3.8, 4) is 5.75 Å². The van der Waals surface area contributed by atoms with Gasteiger partial charge < -0.3 is 33.5 Å². The summed E-state index contributed by atoms with van der Waals surface area (Å²) in [6.45, 7) is 6.50.